The Bertz CT molecular complexity index is 743. The first-order chi connectivity index (χ1) is 12.5. The number of rotatable bonds is 5. The van der Waals surface area contributed by atoms with Crippen molar-refractivity contribution in [3.8, 4) is 11.5 Å². The maximum atomic E-state index is 12.7. The lowest BCUT2D eigenvalue weighted by atomic mass is 9.70. The van der Waals surface area contributed by atoms with Crippen LogP contribution < -0.4 is 14.8 Å². The molecule has 0 radical (unpaired) electrons. The van der Waals surface area contributed by atoms with Crippen molar-refractivity contribution >= 4 is 11.8 Å². The van der Waals surface area contributed by atoms with Gasteiger partial charge in [-0.25, -0.2) is 0 Å². The quantitative estimate of drug-likeness (QED) is 0.879. The average molecular weight is 358 g/mol. The van der Waals surface area contributed by atoms with Gasteiger partial charge in [-0.15, -0.1) is 0 Å². The van der Waals surface area contributed by atoms with Crippen molar-refractivity contribution in [1.82, 2.24) is 10.2 Å². The van der Waals surface area contributed by atoms with Gasteiger partial charge in [0.1, 0.15) is 0 Å². The molecular weight excluding hydrogens is 332 g/mol. The molecule has 1 N–H and O–H groups in total. The number of ether oxygens (including phenoxy) is 2. The topological polar surface area (TPSA) is 67.9 Å². The van der Waals surface area contributed by atoms with Gasteiger partial charge in [-0.3, -0.25) is 9.59 Å². The number of amides is 2. The highest BCUT2D eigenvalue weighted by atomic mass is 16.5. The minimum atomic E-state index is -0.148. The maximum Gasteiger partial charge on any atom is 0.251 e. The van der Waals surface area contributed by atoms with Crippen LogP contribution in [0.4, 0.5) is 0 Å². The zero-order valence-electron chi connectivity index (χ0n) is 15.6. The summed E-state index contributed by atoms with van der Waals surface area (Å²) in [7, 11) is 4.95. The predicted molar refractivity (Wildman–Crippen MR) is 98.3 cm³/mol. The van der Waals surface area contributed by atoms with Crippen LogP contribution >= 0.6 is 0 Å². The molecule has 2 amide bonds. The van der Waals surface area contributed by atoms with E-state index in [1.54, 1.807) is 37.3 Å². The van der Waals surface area contributed by atoms with E-state index in [9.17, 15) is 9.59 Å². The molecule has 1 aromatic carbocycles. The number of nitrogens with one attached hydrogen (secondary N) is 1. The fourth-order valence-electron chi connectivity index (χ4n) is 4.01. The first kappa shape index (κ1) is 18.3. The molecule has 1 aliphatic carbocycles. The number of methoxy groups -OCH3 is 2. The standard InChI is InChI=1S/C20H26N2O4/c1-22-17-6-4-5-10-20(17,11-9-18(22)23)13-21-19(24)14-7-8-15(25-2)16(12-14)26-3/h6-8,12H,4-5,9-11,13H2,1-3H3,(H,21,24). The smallest absolute Gasteiger partial charge is 0.251 e. The van der Waals surface area contributed by atoms with Gasteiger partial charge in [-0.2, -0.15) is 0 Å². The van der Waals surface area contributed by atoms with E-state index in [1.807, 2.05) is 7.05 Å². The summed E-state index contributed by atoms with van der Waals surface area (Å²) in [6, 6.07) is 5.13. The molecule has 0 spiro atoms. The second-order valence-electron chi connectivity index (χ2n) is 6.97. The van der Waals surface area contributed by atoms with Crippen molar-refractivity contribution in [3.63, 3.8) is 0 Å². The van der Waals surface area contributed by atoms with Crippen molar-refractivity contribution in [2.75, 3.05) is 27.8 Å². The molecule has 26 heavy (non-hydrogen) atoms. The van der Waals surface area contributed by atoms with Crippen LogP contribution in [-0.4, -0.2) is 44.5 Å². The SMILES string of the molecule is COc1ccc(C(=O)NCC23CCCC=C2N(C)C(=O)CC3)cc1OC. The minimum absolute atomic E-state index is 0.146. The van der Waals surface area contributed by atoms with Crippen LogP contribution in [0, 0.1) is 5.41 Å². The summed E-state index contributed by atoms with van der Waals surface area (Å²) in [4.78, 5) is 26.5. The molecule has 6 nitrogen and oxygen atoms in total. The van der Waals surface area contributed by atoms with Crippen LogP contribution in [0.25, 0.3) is 0 Å². The van der Waals surface area contributed by atoms with Crippen LogP contribution in [0.1, 0.15) is 42.5 Å². The Morgan fingerprint density at radius 1 is 1.23 bits per heavy atom. The number of nitrogens with zero attached hydrogens (tertiary/aromatic N) is 1. The zero-order chi connectivity index (χ0) is 18.7. The second-order valence-corrected chi connectivity index (χ2v) is 6.97. The van der Waals surface area contributed by atoms with Crippen LogP contribution in [0.2, 0.25) is 0 Å². The highest BCUT2D eigenvalue weighted by Gasteiger charge is 2.43. The molecule has 0 aromatic heterocycles. The van der Waals surface area contributed by atoms with Crippen LogP contribution in [0.3, 0.4) is 0 Å². The van der Waals surface area contributed by atoms with Gasteiger partial charge < -0.3 is 19.7 Å². The van der Waals surface area contributed by atoms with Gasteiger partial charge >= 0.3 is 0 Å². The molecule has 6 heteroatoms. The molecule has 140 valence electrons. The summed E-state index contributed by atoms with van der Waals surface area (Å²) in [6.07, 6.45) is 6.52. The third kappa shape index (κ3) is 3.28. The molecule has 1 aromatic rings. The molecule has 1 saturated heterocycles. The normalized spacial score (nSPS) is 22.3. The van der Waals surface area contributed by atoms with Gasteiger partial charge in [0, 0.05) is 36.7 Å². The Balaban J connectivity index is 1.75. The van der Waals surface area contributed by atoms with E-state index in [0.29, 0.717) is 30.0 Å². The number of benzene rings is 1. The minimum Gasteiger partial charge on any atom is -0.493 e. The Morgan fingerprint density at radius 3 is 2.73 bits per heavy atom. The van der Waals surface area contributed by atoms with E-state index >= 15 is 0 Å². The fraction of sp³-hybridized carbons (Fsp3) is 0.500. The van der Waals surface area contributed by atoms with E-state index in [2.05, 4.69) is 11.4 Å². The largest absolute Gasteiger partial charge is 0.493 e. The number of hydrogen-bond donors (Lipinski definition) is 1. The van der Waals surface area contributed by atoms with E-state index < -0.39 is 0 Å². The molecule has 0 saturated carbocycles. The Morgan fingerprint density at radius 2 is 2.00 bits per heavy atom. The van der Waals surface area contributed by atoms with E-state index in [0.717, 1.165) is 31.4 Å². The molecule has 1 heterocycles. The number of likely N-dealkylation sites (tertiary alicyclic amines) is 1. The van der Waals surface area contributed by atoms with E-state index in [1.165, 1.54) is 0 Å². The van der Waals surface area contributed by atoms with Gasteiger partial charge in [0.2, 0.25) is 5.91 Å². The highest BCUT2D eigenvalue weighted by Crippen LogP contribution is 2.45. The van der Waals surface area contributed by atoms with Gasteiger partial charge in [-0.05, 0) is 43.9 Å². The highest BCUT2D eigenvalue weighted by molar-refractivity contribution is 5.95. The van der Waals surface area contributed by atoms with E-state index in [-0.39, 0.29) is 17.2 Å². The van der Waals surface area contributed by atoms with Crippen molar-refractivity contribution in [1.29, 1.82) is 0 Å². The lowest BCUT2D eigenvalue weighted by molar-refractivity contribution is -0.132. The van der Waals surface area contributed by atoms with Crippen molar-refractivity contribution in [2.24, 2.45) is 5.41 Å². The summed E-state index contributed by atoms with van der Waals surface area (Å²) in [5.74, 6) is 1.12. The number of hydrogen-bond acceptors (Lipinski definition) is 4. The van der Waals surface area contributed by atoms with Crippen LogP contribution in [-0.2, 0) is 4.79 Å². The van der Waals surface area contributed by atoms with Crippen LogP contribution in [0.5, 0.6) is 11.5 Å². The van der Waals surface area contributed by atoms with E-state index in [4.69, 9.17) is 9.47 Å². The second kappa shape index (κ2) is 7.40. The first-order valence-corrected chi connectivity index (χ1v) is 8.98. The Hall–Kier alpha value is -2.50. The number of fused-ring (bicyclic) bond motifs is 1. The predicted octanol–water partition coefficient (Wildman–Crippen LogP) is 2.74. The first-order valence-electron chi connectivity index (χ1n) is 8.98. The summed E-state index contributed by atoms with van der Waals surface area (Å²) in [5, 5.41) is 3.07. The third-order valence-electron chi connectivity index (χ3n) is 5.53. The molecule has 1 aliphatic heterocycles. The molecular formula is C20H26N2O4. The van der Waals surface area contributed by atoms with Gasteiger partial charge in [0.25, 0.3) is 5.91 Å². The lowest BCUT2D eigenvalue weighted by Gasteiger charge is -2.46. The number of carbonyl (C=O) groups excluding carboxylic acids is 2. The molecule has 2 aliphatic rings. The van der Waals surface area contributed by atoms with Gasteiger partial charge in [0.05, 0.1) is 14.2 Å². The average Bonchev–Trinajstić information content (AvgIpc) is 2.68. The Kier molecular flexibility index (Phi) is 5.20. The fourth-order valence-corrected chi connectivity index (χ4v) is 4.01. The van der Waals surface area contributed by atoms with Crippen LogP contribution in [0.15, 0.2) is 30.0 Å². The van der Waals surface area contributed by atoms with Gasteiger partial charge in [-0.1, -0.05) is 6.08 Å². The number of piperidine rings is 1. The Labute approximate surface area is 154 Å². The molecule has 1 unspecified atom stereocenters. The van der Waals surface area contributed by atoms with Crippen molar-refractivity contribution < 1.29 is 19.1 Å². The summed E-state index contributed by atoms with van der Waals surface area (Å²) in [6.45, 7) is 0.531. The monoisotopic (exact) mass is 358 g/mol. The molecule has 3 rings (SSSR count). The summed E-state index contributed by atoms with van der Waals surface area (Å²) >= 11 is 0. The molecule has 1 atom stereocenters. The van der Waals surface area contributed by atoms with Crippen molar-refractivity contribution in [2.45, 2.75) is 32.1 Å². The summed E-state index contributed by atoms with van der Waals surface area (Å²) < 4.78 is 10.5. The van der Waals surface area contributed by atoms with Crippen molar-refractivity contribution in [3.05, 3.63) is 35.5 Å². The third-order valence-corrected chi connectivity index (χ3v) is 5.53. The van der Waals surface area contributed by atoms with Gasteiger partial charge in [0.15, 0.2) is 11.5 Å². The maximum absolute atomic E-state index is 12.7. The molecule has 1 fully saturated rings. The number of allylic oxidation sites excluding steroid dienone is 1. The molecule has 0 bridgehead atoms. The number of carbonyl (C=O) groups is 2. The lowest BCUT2D eigenvalue weighted by Crippen LogP contribution is -2.49. The summed E-state index contributed by atoms with van der Waals surface area (Å²) in [5.41, 5.74) is 1.45. The zero-order valence-corrected chi connectivity index (χ0v) is 15.6.